The highest BCUT2D eigenvalue weighted by Gasteiger charge is 2.28. The molecule has 3 heterocycles. The highest BCUT2D eigenvalue weighted by Crippen LogP contribution is 2.28. The lowest BCUT2D eigenvalue weighted by atomic mass is 9.97. The van der Waals surface area contributed by atoms with E-state index in [1.807, 2.05) is 0 Å². The summed E-state index contributed by atoms with van der Waals surface area (Å²) in [4.78, 5) is 32.8. The summed E-state index contributed by atoms with van der Waals surface area (Å²) < 4.78 is 18.9. The van der Waals surface area contributed by atoms with Crippen molar-refractivity contribution in [3.8, 4) is 0 Å². The number of piperidine rings is 1. The van der Waals surface area contributed by atoms with E-state index in [0.717, 1.165) is 18.4 Å². The van der Waals surface area contributed by atoms with Gasteiger partial charge in [-0.1, -0.05) is 18.2 Å². The van der Waals surface area contributed by atoms with E-state index in [2.05, 4.69) is 9.97 Å². The Balaban J connectivity index is 1.44. The zero-order valence-electron chi connectivity index (χ0n) is 15.2. The van der Waals surface area contributed by atoms with Crippen molar-refractivity contribution in [2.75, 3.05) is 13.1 Å². The van der Waals surface area contributed by atoms with Crippen molar-refractivity contribution in [1.29, 1.82) is 0 Å². The van der Waals surface area contributed by atoms with Crippen LogP contribution < -0.4 is 5.56 Å². The fourth-order valence-corrected chi connectivity index (χ4v) is 3.50. The molecule has 6 nitrogen and oxygen atoms in total. The molecule has 0 bridgehead atoms. The number of carbonyl (C=O) groups excluding carboxylic acids is 1. The van der Waals surface area contributed by atoms with E-state index in [-0.39, 0.29) is 28.9 Å². The Kier molecular flexibility index (Phi) is 5.06. The minimum atomic E-state index is -0.294. The molecule has 0 spiro atoms. The number of rotatable bonds is 4. The van der Waals surface area contributed by atoms with Crippen molar-refractivity contribution < 1.29 is 13.6 Å². The maximum Gasteiger partial charge on any atom is 0.270 e. The maximum atomic E-state index is 13.0. The molecule has 1 saturated heterocycles. The molecule has 144 valence electrons. The highest BCUT2D eigenvalue weighted by atomic mass is 19.1. The summed E-state index contributed by atoms with van der Waals surface area (Å²) in [6.07, 6.45) is 3.94. The van der Waals surface area contributed by atoms with E-state index >= 15 is 0 Å². The van der Waals surface area contributed by atoms with E-state index in [1.54, 1.807) is 35.4 Å². The lowest BCUT2D eigenvalue weighted by Gasteiger charge is -2.31. The first-order valence-corrected chi connectivity index (χ1v) is 9.26. The van der Waals surface area contributed by atoms with E-state index in [9.17, 15) is 14.0 Å². The Morgan fingerprint density at radius 2 is 2.07 bits per heavy atom. The molecule has 1 N–H and O–H groups in total. The molecule has 7 heteroatoms. The van der Waals surface area contributed by atoms with Gasteiger partial charge in [0.05, 0.1) is 12.1 Å². The Morgan fingerprint density at radius 1 is 1.25 bits per heavy atom. The van der Waals surface area contributed by atoms with Gasteiger partial charge in [0.25, 0.3) is 5.91 Å². The zero-order valence-corrected chi connectivity index (χ0v) is 15.2. The van der Waals surface area contributed by atoms with Crippen molar-refractivity contribution in [3.63, 3.8) is 0 Å². The van der Waals surface area contributed by atoms with Crippen LogP contribution >= 0.6 is 0 Å². The first kappa shape index (κ1) is 18.2. The molecule has 0 unspecified atom stereocenters. The second-order valence-corrected chi connectivity index (χ2v) is 6.99. The number of oxazole rings is 1. The van der Waals surface area contributed by atoms with Crippen molar-refractivity contribution >= 4 is 5.91 Å². The third-order valence-corrected chi connectivity index (χ3v) is 4.92. The van der Waals surface area contributed by atoms with Gasteiger partial charge in [0.2, 0.25) is 5.56 Å². The van der Waals surface area contributed by atoms with Crippen molar-refractivity contribution in [2.24, 2.45) is 0 Å². The lowest BCUT2D eigenvalue weighted by molar-refractivity contribution is 0.0691. The Labute approximate surface area is 161 Å². The first-order chi connectivity index (χ1) is 13.6. The van der Waals surface area contributed by atoms with E-state index < -0.39 is 0 Å². The third kappa shape index (κ3) is 4.03. The molecule has 1 aliphatic heterocycles. The molecule has 1 atom stereocenters. The Morgan fingerprint density at radius 3 is 2.86 bits per heavy atom. The summed E-state index contributed by atoms with van der Waals surface area (Å²) in [5.41, 5.74) is 0.938. The van der Waals surface area contributed by atoms with Crippen molar-refractivity contribution in [1.82, 2.24) is 14.9 Å². The molecule has 1 aliphatic rings. The molecule has 1 fully saturated rings. The first-order valence-electron chi connectivity index (χ1n) is 9.26. The minimum absolute atomic E-state index is 0.00935. The summed E-state index contributed by atoms with van der Waals surface area (Å²) in [5, 5.41) is 0. The fraction of sp³-hybridized carbons (Fsp3) is 0.286. The molecule has 0 saturated carbocycles. The number of H-pyrrole nitrogens is 1. The van der Waals surface area contributed by atoms with Gasteiger partial charge < -0.3 is 14.3 Å². The quantitative estimate of drug-likeness (QED) is 0.753. The van der Waals surface area contributed by atoms with Crippen LogP contribution in [-0.2, 0) is 6.42 Å². The van der Waals surface area contributed by atoms with Gasteiger partial charge in [-0.25, -0.2) is 9.37 Å². The van der Waals surface area contributed by atoms with Crippen LogP contribution in [0.3, 0.4) is 0 Å². The number of nitrogens with zero attached hydrogens (tertiary/aromatic N) is 2. The number of halogens is 1. The van der Waals surface area contributed by atoms with Gasteiger partial charge in [0.15, 0.2) is 5.89 Å². The van der Waals surface area contributed by atoms with Gasteiger partial charge in [0.1, 0.15) is 17.3 Å². The van der Waals surface area contributed by atoms with Crippen LogP contribution in [-0.4, -0.2) is 33.9 Å². The smallest absolute Gasteiger partial charge is 0.270 e. The predicted octanol–water partition coefficient (Wildman–Crippen LogP) is 3.11. The molecular weight excluding hydrogens is 361 g/mol. The van der Waals surface area contributed by atoms with E-state index in [1.165, 1.54) is 18.2 Å². The number of nitrogens with one attached hydrogen (secondary N) is 1. The summed E-state index contributed by atoms with van der Waals surface area (Å²) in [5.74, 6) is 0.859. The molecule has 28 heavy (non-hydrogen) atoms. The van der Waals surface area contributed by atoms with Gasteiger partial charge in [0, 0.05) is 25.6 Å². The number of amides is 1. The van der Waals surface area contributed by atoms with Crippen molar-refractivity contribution in [3.05, 3.63) is 87.7 Å². The average Bonchev–Trinajstić information content (AvgIpc) is 3.18. The highest BCUT2D eigenvalue weighted by molar-refractivity contribution is 5.92. The van der Waals surface area contributed by atoms with Crippen LogP contribution in [0.25, 0.3) is 0 Å². The Hall–Kier alpha value is -3.22. The fourth-order valence-electron chi connectivity index (χ4n) is 3.50. The van der Waals surface area contributed by atoms with Gasteiger partial charge in [-0.2, -0.15) is 0 Å². The predicted molar refractivity (Wildman–Crippen MR) is 101 cm³/mol. The molecule has 0 radical (unpaired) electrons. The van der Waals surface area contributed by atoms with Crippen LogP contribution in [0.5, 0.6) is 0 Å². The van der Waals surface area contributed by atoms with Gasteiger partial charge in [-0.05, 0) is 36.6 Å². The van der Waals surface area contributed by atoms with Crippen LogP contribution in [0.2, 0.25) is 0 Å². The van der Waals surface area contributed by atoms with E-state index in [0.29, 0.717) is 31.2 Å². The number of likely N-dealkylation sites (tertiary alicyclic amines) is 1. The number of hydrogen-bond acceptors (Lipinski definition) is 4. The van der Waals surface area contributed by atoms with Crippen LogP contribution in [0.15, 0.2) is 57.9 Å². The number of aromatic nitrogens is 2. The number of benzene rings is 1. The van der Waals surface area contributed by atoms with E-state index in [4.69, 9.17) is 4.42 Å². The summed E-state index contributed by atoms with van der Waals surface area (Å²) in [7, 11) is 0. The van der Waals surface area contributed by atoms with Crippen LogP contribution in [0, 0.1) is 5.82 Å². The molecule has 4 rings (SSSR count). The van der Waals surface area contributed by atoms with Crippen LogP contribution in [0.4, 0.5) is 4.39 Å². The normalized spacial score (nSPS) is 16.9. The van der Waals surface area contributed by atoms with Gasteiger partial charge in [-0.15, -0.1) is 0 Å². The monoisotopic (exact) mass is 381 g/mol. The minimum Gasteiger partial charge on any atom is -0.445 e. The van der Waals surface area contributed by atoms with Gasteiger partial charge >= 0.3 is 0 Å². The number of carbonyl (C=O) groups is 1. The maximum absolute atomic E-state index is 13.0. The molecule has 2 aromatic heterocycles. The molecule has 0 aliphatic carbocycles. The second kappa shape index (κ2) is 7.80. The number of pyridine rings is 1. The largest absolute Gasteiger partial charge is 0.445 e. The number of hydrogen-bond donors (Lipinski definition) is 1. The SMILES string of the molecule is O=C(c1cccc(=O)[nH]1)N1CCC[C@H](c2ncc(Cc3ccc(F)cc3)o2)C1. The molecular formula is C21H20FN3O3. The molecule has 1 aromatic carbocycles. The van der Waals surface area contributed by atoms with Gasteiger partial charge in [-0.3, -0.25) is 9.59 Å². The van der Waals surface area contributed by atoms with Crippen LogP contribution in [0.1, 0.15) is 46.5 Å². The standard InChI is InChI=1S/C21H20FN3O3/c22-16-8-6-14(7-9-16)11-17-12-23-20(28-17)15-3-2-10-25(13-15)21(27)18-4-1-5-19(26)24-18/h1,4-9,12,15H,2-3,10-11,13H2,(H,24,26)/t15-/m0/s1. The summed E-state index contributed by atoms with van der Waals surface area (Å²) >= 11 is 0. The third-order valence-electron chi connectivity index (χ3n) is 4.92. The Bertz CT molecular complexity index is 1030. The second-order valence-electron chi connectivity index (χ2n) is 6.99. The molecule has 1 amide bonds. The average molecular weight is 381 g/mol. The topological polar surface area (TPSA) is 79.2 Å². The number of aromatic amines is 1. The summed E-state index contributed by atoms with van der Waals surface area (Å²) in [6, 6.07) is 10.8. The van der Waals surface area contributed by atoms with Crippen molar-refractivity contribution in [2.45, 2.75) is 25.2 Å². The zero-order chi connectivity index (χ0) is 19.5. The summed E-state index contributed by atoms with van der Waals surface area (Å²) in [6.45, 7) is 1.13. The lowest BCUT2D eigenvalue weighted by Crippen LogP contribution is -2.40. The molecule has 3 aromatic rings.